The monoisotopic (exact) mass is 312 g/mol. The summed E-state index contributed by atoms with van der Waals surface area (Å²) in [4.78, 5) is 35.1. The molecule has 1 N–H and O–H groups in total. The molecule has 0 bridgehead atoms. The van der Waals surface area contributed by atoms with Gasteiger partial charge in [0.2, 0.25) is 11.8 Å². The van der Waals surface area contributed by atoms with Crippen LogP contribution >= 0.6 is 0 Å². The first-order valence-electron chi connectivity index (χ1n) is 7.67. The Hall–Kier alpha value is -1.85. The molecule has 0 heterocycles. The second-order valence-corrected chi connectivity index (χ2v) is 5.32. The highest BCUT2D eigenvalue weighted by Crippen LogP contribution is 2.03. The highest BCUT2D eigenvalue weighted by atomic mass is 16.5. The van der Waals surface area contributed by atoms with Crippen LogP contribution in [0.3, 0.4) is 0 Å². The molecule has 22 heavy (non-hydrogen) atoms. The number of rotatable bonds is 11. The molecule has 0 spiro atoms. The lowest BCUT2D eigenvalue weighted by Crippen LogP contribution is -2.37. The van der Waals surface area contributed by atoms with Crippen molar-refractivity contribution in [2.45, 2.75) is 46.5 Å². The standard InChI is InChI=1S/C16H28N2O4/c1-13(2)16(21)22-12-8-6-5-7-10-18(15(4)20)11-9-17-14(3)19/h1,5-12H2,2-4H3,(H,17,19). The number of carbonyl (C=O) groups excluding carboxylic acids is 3. The predicted octanol–water partition coefficient (Wildman–Crippen LogP) is 1.65. The van der Waals surface area contributed by atoms with Crippen LogP contribution in [-0.2, 0) is 19.1 Å². The molecule has 0 saturated carbocycles. The van der Waals surface area contributed by atoms with Gasteiger partial charge in [-0.2, -0.15) is 0 Å². The number of nitrogens with one attached hydrogen (secondary N) is 1. The van der Waals surface area contributed by atoms with Gasteiger partial charge in [-0.3, -0.25) is 9.59 Å². The Morgan fingerprint density at radius 1 is 1.00 bits per heavy atom. The van der Waals surface area contributed by atoms with Crippen molar-refractivity contribution in [1.82, 2.24) is 10.2 Å². The average Bonchev–Trinajstić information content (AvgIpc) is 2.43. The highest BCUT2D eigenvalue weighted by molar-refractivity contribution is 5.86. The summed E-state index contributed by atoms with van der Waals surface area (Å²) in [5, 5.41) is 2.68. The van der Waals surface area contributed by atoms with Gasteiger partial charge in [-0.05, 0) is 26.2 Å². The van der Waals surface area contributed by atoms with E-state index in [0.717, 1.165) is 25.7 Å². The molecular weight excluding hydrogens is 284 g/mol. The molecule has 0 radical (unpaired) electrons. The summed E-state index contributed by atoms with van der Waals surface area (Å²) < 4.78 is 5.00. The van der Waals surface area contributed by atoms with E-state index in [1.165, 1.54) is 13.8 Å². The van der Waals surface area contributed by atoms with Gasteiger partial charge in [0, 0.05) is 39.1 Å². The summed E-state index contributed by atoms with van der Waals surface area (Å²) >= 11 is 0. The number of ether oxygens (including phenoxy) is 1. The molecule has 0 aromatic heterocycles. The van der Waals surface area contributed by atoms with Crippen molar-refractivity contribution >= 4 is 17.8 Å². The van der Waals surface area contributed by atoms with E-state index in [-0.39, 0.29) is 17.8 Å². The number of amides is 2. The number of unbranched alkanes of at least 4 members (excludes halogenated alkanes) is 3. The molecule has 0 aliphatic heterocycles. The zero-order valence-electron chi connectivity index (χ0n) is 13.9. The van der Waals surface area contributed by atoms with Crippen molar-refractivity contribution in [3.8, 4) is 0 Å². The van der Waals surface area contributed by atoms with E-state index in [0.29, 0.717) is 31.8 Å². The van der Waals surface area contributed by atoms with Crippen molar-refractivity contribution in [3.05, 3.63) is 12.2 Å². The van der Waals surface area contributed by atoms with Crippen LogP contribution in [0.2, 0.25) is 0 Å². The lowest BCUT2D eigenvalue weighted by molar-refractivity contribution is -0.139. The lowest BCUT2D eigenvalue weighted by atomic mass is 10.2. The summed E-state index contributed by atoms with van der Waals surface area (Å²) in [6.07, 6.45) is 3.62. The number of nitrogens with zero attached hydrogens (tertiary/aromatic N) is 1. The fourth-order valence-electron chi connectivity index (χ4n) is 1.84. The Morgan fingerprint density at radius 3 is 2.18 bits per heavy atom. The minimum atomic E-state index is -0.347. The highest BCUT2D eigenvalue weighted by Gasteiger charge is 2.08. The molecule has 0 atom stereocenters. The maximum Gasteiger partial charge on any atom is 0.333 e. The van der Waals surface area contributed by atoms with E-state index < -0.39 is 0 Å². The van der Waals surface area contributed by atoms with Crippen LogP contribution in [0.5, 0.6) is 0 Å². The zero-order valence-corrected chi connectivity index (χ0v) is 13.9. The second kappa shape index (κ2) is 11.8. The van der Waals surface area contributed by atoms with Crippen LogP contribution in [0.15, 0.2) is 12.2 Å². The van der Waals surface area contributed by atoms with Gasteiger partial charge < -0.3 is 15.0 Å². The van der Waals surface area contributed by atoms with Crippen LogP contribution in [0.1, 0.15) is 46.5 Å². The number of esters is 1. The summed E-state index contributed by atoms with van der Waals surface area (Å²) in [6.45, 7) is 10.2. The van der Waals surface area contributed by atoms with Crippen molar-refractivity contribution < 1.29 is 19.1 Å². The first kappa shape index (κ1) is 20.1. The molecule has 126 valence electrons. The number of hydrogen-bond donors (Lipinski definition) is 1. The van der Waals surface area contributed by atoms with Gasteiger partial charge in [0.1, 0.15) is 0 Å². The predicted molar refractivity (Wildman–Crippen MR) is 85.2 cm³/mol. The van der Waals surface area contributed by atoms with Gasteiger partial charge in [0.05, 0.1) is 6.61 Å². The number of carbonyl (C=O) groups is 3. The lowest BCUT2D eigenvalue weighted by Gasteiger charge is -2.21. The van der Waals surface area contributed by atoms with Gasteiger partial charge in [0.25, 0.3) is 0 Å². The van der Waals surface area contributed by atoms with Crippen LogP contribution in [0.25, 0.3) is 0 Å². The summed E-state index contributed by atoms with van der Waals surface area (Å²) in [6, 6.07) is 0. The molecule has 0 aliphatic rings. The summed E-state index contributed by atoms with van der Waals surface area (Å²) in [5.74, 6) is -0.422. The maximum atomic E-state index is 11.5. The van der Waals surface area contributed by atoms with E-state index in [2.05, 4.69) is 11.9 Å². The van der Waals surface area contributed by atoms with Crippen molar-refractivity contribution in [1.29, 1.82) is 0 Å². The average molecular weight is 312 g/mol. The fourth-order valence-corrected chi connectivity index (χ4v) is 1.84. The quantitative estimate of drug-likeness (QED) is 0.357. The summed E-state index contributed by atoms with van der Waals surface area (Å²) in [5.41, 5.74) is 0.413. The Labute approximate surface area is 132 Å². The van der Waals surface area contributed by atoms with Gasteiger partial charge in [-0.1, -0.05) is 13.0 Å². The third-order valence-corrected chi connectivity index (χ3v) is 3.10. The van der Waals surface area contributed by atoms with E-state index >= 15 is 0 Å². The minimum absolute atomic E-state index is 0.0146. The van der Waals surface area contributed by atoms with Crippen molar-refractivity contribution in [3.63, 3.8) is 0 Å². The van der Waals surface area contributed by atoms with Crippen LogP contribution in [0.4, 0.5) is 0 Å². The molecular formula is C16H28N2O4. The van der Waals surface area contributed by atoms with Crippen LogP contribution < -0.4 is 5.32 Å². The molecule has 0 rings (SSSR count). The molecule has 0 unspecified atom stereocenters. The minimum Gasteiger partial charge on any atom is -0.462 e. The smallest absolute Gasteiger partial charge is 0.333 e. The van der Waals surface area contributed by atoms with Crippen molar-refractivity contribution in [2.24, 2.45) is 0 Å². The Kier molecular flexibility index (Phi) is 10.8. The normalized spacial score (nSPS) is 9.95. The van der Waals surface area contributed by atoms with E-state index in [1.54, 1.807) is 11.8 Å². The maximum absolute atomic E-state index is 11.5. The SMILES string of the molecule is C=C(C)C(=O)OCCCCCCN(CCNC(C)=O)C(C)=O. The van der Waals surface area contributed by atoms with Crippen LogP contribution in [-0.4, -0.2) is 48.9 Å². The largest absolute Gasteiger partial charge is 0.462 e. The molecule has 6 heteroatoms. The molecule has 0 aromatic carbocycles. The van der Waals surface area contributed by atoms with E-state index in [4.69, 9.17) is 4.74 Å². The van der Waals surface area contributed by atoms with Crippen molar-refractivity contribution in [2.75, 3.05) is 26.2 Å². The van der Waals surface area contributed by atoms with Gasteiger partial charge >= 0.3 is 5.97 Å². The van der Waals surface area contributed by atoms with Gasteiger partial charge in [-0.15, -0.1) is 0 Å². The van der Waals surface area contributed by atoms with Crippen LogP contribution in [0, 0.1) is 0 Å². The topological polar surface area (TPSA) is 75.7 Å². The van der Waals surface area contributed by atoms with Gasteiger partial charge in [-0.25, -0.2) is 4.79 Å². The Morgan fingerprint density at radius 2 is 1.64 bits per heavy atom. The van der Waals surface area contributed by atoms with Gasteiger partial charge in [0.15, 0.2) is 0 Å². The van der Waals surface area contributed by atoms with E-state index in [1.807, 2.05) is 0 Å². The fraction of sp³-hybridized carbons (Fsp3) is 0.688. The Balaban J connectivity index is 3.68. The number of hydrogen-bond acceptors (Lipinski definition) is 4. The summed E-state index contributed by atoms with van der Waals surface area (Å²) in [7, 11) is 0. The molecule has 0 fully saturated rings. The first-order chi connectivity index (χ1) is 10.3. The second-order valence-electron chi connectivity index (χ2n) is 5.32. The molecule has 0 aromatic rings. The molecule has 0 aliphatic carbocycles. The molecule has 6 nitrogen and oxygen atoms in total. The third kappa shape index (κ3) is 10.9. The van der Waals surface area contributed by atoms with E-state index in [9.17, 15) is 14.4 Å². The molecule has 2 amide bonds. The Bertz CT molecular complexity index is 394. The molecule has 0 saturated heterocycles. The first-order valence-corrected chi connectivity index (χ1v) is 7.67. The zero-order chi connectivity index (χ0) is 17.0. The third-order valence-electron chi connectivity index (χ3n) is 3.10.